The summed E-state index contributed by atoms with van der Waals surface area (Å²) in [6, 6.07) is 1.88. The number of rotatable bonds is 5. The molecule has 0 radical (unpaired) electrons. The van der Waals surface area contributed by atoms with Crippen LogP contribution < -0.4 is 0 Å². The second kappa shape index (κ2) is 7.27. The lowest BCUT2D eigenvalue weighted by Gasteiger charge is -2.18. The lowest BCUT2D eigenvalue weighted by Crippen LogP contribution is -2.27. The average Bonchev–Trinajstić information content (AvgIpc) is 2.82. The molecule has 0 saturated heterocycles. The van der Waals surface area contributed by atoms with Crippen molar-refractivity contribution in [1.82, 2.24) is 9.78 Å². The van der Waals surface area contributed by atoms with E-state index in [4.69, 9.17) is 4.74 Å². The highest BCUT2D eigenvalue weighted by molar-refractivity contribution is 5.71. The molecule has 1 rings (SSSR count). The summed E-state index contributed by atoms with van der Waals surface area (Å²) >= 11 is 0. The molecule has 20 heavy (non-hydrogen) atoms. The molecule has 0 aliphatic heterocycles. The minimum Gasteiger partial charge on any atom is -0.442 e. The molecule has 112 valence electrons. The van der Waals surface area contributed by atoms with Crippen molar-refractivity contribution in [2.45, 2.75) is 65.9 Å². The smallest absolute Gasteiger partial charge is 0.435 e. The number of hydrogen-bond donors (Lipinski definition) is 0. The summed E-state index contributed by atoms with van der Waals surface area (Å²) in [5.74, 6) is 0. The molecule has 0 aliphatic carbocycles. The Labute approximate surface area is 121 Å². The van der Waals surface area contributed by atoms with E-state index < -0.39 is 11.7 Å². The van der Waals surface area contributed by atoms with Crippen molar-refractivity contribution in [3.05, 3.63) is 24.0 Å². The molecule has 0 fully saturated rings. The molecule has 0 aliphatic rings. The normalized spacial score (nSPS) is 12.6. The lowest BCUT2D eigenvalue weighted by atomic mass is 10.0. The van der Waals surface area contributed by atoms with Gasteiger partial charge in [0.25, 0.3) is 0 Å². The van der Waals surface area contributed by atoms with Gasteiger partial charge in [-0.1, -0.05) is 26.3 Å². The molecular weight excluding hydrogens is 252 g/mol. The van der Waals surface area contributed by atoms with Crippen molar-refractivity contribution in [1.29, 1.82) is 0 Å². The number of carbonyl (C=O) groups is 1. The van der Waals surface area contributed by atoms with Gasteiger partial charge in [0.2, 0.25) is 0 Å². The molecule has 0 N–H and O–H groups in total. The first kappa shape index (κ1) is 16.5. The van der Waals surface area contributed by atoms with Gasteiger partial charge in [-0.25, -0.2) is 4.79 Å². The number of unbranched alkanes of at least 4 members (excludes halogenated alkanes) is 1. The number of ether oxygens (including phenoxy) is 1. The van der Waals surface area contributed by atoms with Gasteiger partial charge < -0.3 is 4.74 Å². The monoisotopic (exact) mass is 278 g/mol. The molecule has 1 aromatic heterocycles. The summed E-state index contributed by atoms with van der Waals surface area (Å²) in [7, 11) is 0. The van der Waals surface area contributed by atoms with Crippen LogP contribution in [0.1, 0.15) is 66.0 Å². The van der Waals surface area contributed by atoms with Crippen LogP contribution in [0.5, 0.6) is 0 Å². The highest BCUT2D eigenvalue weighted by Crippen LogP contribution is 2.20. The van der Waals surface area contributed by atoms with E-state index in [1.165, 1.54) is 10.3 Å². The van der Waals surface area contributed by atoms with Crippen LogP contribution in [0, 0.1) is 0 Å². The number of aromatic nitrogens is 2. The fourth-order valence-corrected chi connectivity index (χ4v) is 1.85. The van der Waals surface area contributed by atoms with Crippen molar-refractivity contribution in [3.63, 3.8) is 0 Å². The first-order valence-electron chi connectivity index (χ1n) is 7.35. The van der Waals surface area contributed by atoms with Crippen molar-refractivity contribution in [2.75, 3.05) is 0 Å². The minimum absolute atomic E-state index is 0.435. The molecule has 0 unspecified atom stereocenters. The standard InChI is InChI=1S/C16H26N2O2/c1-6-8-10-13(9-7-2)14-11-12-18(17-14)15(19)20-16(3,4)5/h9,11-12H,6-8,10H2,1-5H3. The summed E-state index contributed by atoms with van der Waals surface area (Å²) in [5, 5.41) is 4.34. The Balaban J connectivity index is 2.84. The van der Waals surface area contributed by atoms with E-state index >= 15 is 0 Å². The van der Waals surface area contributed by atoms with Crippen LogP contribution in [0.4, 0.5) is 4.79 Å². The van der Waals surface area contributed by atoms with Crippen molar-refractivity contribution in [3.8, 4) is 0 Å². The van der Waals surface area contributed by atoms with E-state index in [2.05, 4.69) is 25.0 Å². The molecule has 0 aromatic carbocycles. The van der Waals surface area contributed by atoms with E-state index in [1.54, 1.807) is 6.20 Å². The molecule has 4 nitrogen and oxygen atoms in total. The summed E-state index contributed by atoms with van der Waals surface area (Å²) < 4.78 is 6.57. The van der Waals surface area contributed by atoms with E-state index in [0.29, 0.717) is 0 Å². The molecule has 0 amide bonds. The molecule has 1 aromatic rings. The van der Waals surface area contributed by atoms with Gasteiger partial charge in [0.1, 0.15) is 5.60 Å². The number of allylic oxidation sites excluding steroid dienone is 2. The Morgan fingerprint density at radius 1 is 1.40 bits per heavy atom. The van der Waals surface area contributed by atoms with Crippen LogP contribution in [0.25, 0.3) is 5.57 Å². The van der Waals surface area contributed by atoms with Crippen LogP contribution in [-0.2, 0) is 4.74 Å². The van der Waals surface area contributed by atoms with E-state index in [-0.39, 0.29) is 0 Å². The van der Waals surface area contributed by atoms with Gasteiger partial charge in [-0.05, 0) is 51.7 Å². The fraction of sp³-hybridized carbons (Fsp3) is 0.625. The molecule has 0 atom stereocenters. The van der Waals surface area contributed by atoms with Gasteiger partial charge in [0, 0.05) is 6.20 Å². The molecular formula is C16H26N2O2. The van der Waals surface area contributed by atoms with Crippen LogP contribution >= 0.6 is 0 Å². The van der Waals surface area contributed by atoms with Gasteiger partial charge in [-0.3, -0.25) is 0 Å². The first-order valence-corrected chi connectivity index (χ1v) is 7.35. The molecule has 4 heteroatoms. The topological polar surface area (TPSA) is 44.1 Å². The Kier molecular flexibility index (Phi) is 5.99. The Bertz CT molecular complexity index is 467. The minimum atomic E-state index is -0.506. The van der Waals surface area contributed by atoms with Gasteiger partial charge in [0.15, 0.2) is 0 Å². The highest BCUT2D eigenvalue weighted by atomic mass is 16.6. The van der Waals surface area contributed by atoms with Crippen LogP contribution in [0.2, 0.25) is 0 Å². The van der Waals surface area contributed by atoms with E-state index in [1.807, 2.05) is 26.8 Å². The predicted molar refractivity (Wildman–Crippen MR) is 81.7 cm³/mol. The second-order valence-electron chi connectivity index (χ2n) is 5.87. The molecule has 0 spiro atoms. The fourth-order valence-electron chi connectivity index (χ4n) is 1.85. The summed E-state index contributed by atoms with van der Waals surface area (Å²) in [6.45, 7) is 9.82. The number of hydrogen-bond acceptors (Lipinski definition) is 3. The largest absolute Gasteiger partial charge is 0.442 e. The Hall–Kier alpha value is -1.58. The highest BCUT2D eigenvalue weighted by Gasteiger charge is 2.18. The molecule has 0 saturated carbocycles. The number of carbonyl (C=O) groups excluding carboxylic acids is 1. The zero-order valence-electron chi connectivity index (χ0n) is 13.3. The molecule has 1 heterocycles. The van der Waals surface area contributed by atoms with Crippen LogP contribution in [0.15, 0.2) is 18.3 Å². The maximum atomic E-state index is 11.9. The zero-order valence-corrected chi connectivity index (χ0v) is 13.3. The van der Waals surface area contributed by atoms with Crippen molar-refractivity contribution >= 4 is 11.7 Å². The van der Waals surface area contributed by atoms with Gasteiger partial charge in [-0.15, -0.1) is 0 Å². The van der Waals surface area contributed by atoms with Crippen LogP contribution in [-0.4, -0.2) is 21.5 Å². The summed E-state index contributed by atoms with van der Waals surface area (Å²) in [5.41, 5.74) is 1.57. The first-order chi connectivity index (χ1) is 9.37. The maximum Gasteiger partial charge on any atom is 0.435 e. The second-order valence-corrected chi connectivity index (χ2v) is 5.87. The van der Waals surface area contributed by atoms with Gasteiger partial charge in [-0.2, -0.15) is 9.78 Å². The van der Waals surface area contributed by atoms with E-state index in [9.17, 15) is 4.79 Å². The average molecular weight is 278 g/mol. The summed E-state index contributed by atoms with van der Waals surface area (Å²) in [4.78, 5) is 11.9. The predicted octanol–water partition coefficient (Wildman–Crippen LogP) is 4.65. The van der Waals surface area contributed by atoms with Gasteiger partial charge >= 0.3 is 6.09 Å². The SMILES string of the molecule is CCC=C(CCCC)c1ccn(C(=O)OC(C)(C)C)n1. The lowest BCUT2D eigenvalue weighted by molar-refractivity contribution is 0.0514. The Morgan fingerprint density at radius 2 is 2.10 bits per heavy atom. The van der Waals surface area contributed by atoms with Crippen LogP contribution in [0.3, 0.4) is 0 Å². The van der Waals surface area contributed by atoms with E-state index in [0.717, 1.165) is 31.4 Å². The molecule has 0 bridgehead atoms. The quantitative estimate of drug-likeness (QED) is 0.787. The summed E-state index contributed by atoms with van der Waals surface area (Å²) in [6.07, 6.45) is 7.65. The van der Waals surface area contributed by atoms with Gasteiger partial charge in [0.05, 0.1) is 5.69 Å². The third kappa shape index (κ3) is 5.19. The van der Waals surface area contributed by atoms with Crippen molar-refractivity contribution < 1.29 is 9.53 Å². The number of nitrogens with zero attached hydrogens (tertiary/aromatic N) is 2. The third-order valence-corrected chi connectivity index (χ3v) is 2.75. The maximum absolute atomic E-state index is 11.9. The third-order valence-electron chi connectivity index (χ3n) is 2.75. The Morgan fingerprint density at radius 3 is 2.65 bits per heavy atom. The van der Waals surface area contributed by atoms with Crippen molar-refractivity contribution in [2.24, 2.45) is 0 Å². The zero-order chi connectivity index (χ0) is 15.2.